The Hall–Kier alpha value is -6.16. The van der Waals surface area contributed by atoms with Gasteiger partial charge in [-0.2, -0.15) is 0 Å². The first-order valence-corrected chi connectivity index (χ1v) is 25.9. The molecule has 75 heavy (non-hydrogen) atoms. The lowest BCUT2D eigenvalue weighted by molar-refractivity contribution is -0.377. The maximum atomic E-state index is 7.55. The molecular weight excluding hydrogens is 945 g/mol. The molecule has 7 aromatic rings. The Morgan fingerprint density at radius 2 is 0.587 bits per heavy atom. The van der Waals surface area contributed by atoms with Crippen molar-refractivity contribution in [2.24, 2.45) is 0 Å². The largest absolute Gasteiger partial charge is 0.374 e. The fourth-order valence-electron chi connectivity index (χ4n) is 9.25. The average molecular weight is 1010 g/mol. The Morgan fingerprint density at radius 3 is 0.947 bits per heavy atom. The topological polar surface area (TPSA) is 102 Å². The summed E-state index contributed by atoms with van der Waals surface area (Å²) in [6, 6.07) is 70.3. The monoisotopic (exact) mass is 1010 g/mol. The average Bonchev–Trinajstić information content (AvgIpc) is 3.47. The molecular formula is C64H68O11. The van der Waals surface area contributed by atoms with Gasteiger partial charge >= 0.3 is 0 Å². The first-order chi connectivity index (χ1) is 37.2. The molecule has 0 radical (unpaired) electrons. The number of hydrogen-bond donors (Lipinski definition) is 0. The molecule has 2 saturated heterocycles. The van der Waals surface area contributed by atoms with Crippen LogP contribution in [0.1, 0.15) is 38.9 Å². The lowest BCUT2D eigenvalue weighted by Gasteiger charge is -2.50. The summed E-state index contributed by atoms with van der Waals surface area (Å²) in [6.45, 7) is 6.32. The molecule has 2 fully saturated rings. The summed E-state index contributed by atoms with van der Waals surface area (Å²) in [7, 11) is 0. The van der Waals surface area contributed by atoms with Crippen LogP contribution in [0.15, 0.2) is 225 Å². The standard InChI is InChI=1S/C64H68O11/c1-2-38-67-63-61(71-44-53-34-20-8-21-35-53)60(70-43-52-32-18-7-19-33-52)58(56(73-63)47-66-40-49-26-12-4-13-27-49)75-64-62(72-45-54-36-22-9-23-37-54)59(69-42-51-30-16-6-17-31-51)57(68-41-50-28-14-5-15-29-50)55(74-64)46-65-39-48-24-10-3-11-25-48/h2-37,55-64H,1,38-47H2/t55-,56-,57-,58-,59+,60+,61-,62-,63+,64+/m1/s1. The Kier molecular flexibility index (Phi) is 20.9. The zero-order chi connectivity index (χ0) is 51.1. The van der Waals surface area contributed by atoms with Gasteiger partial charge in [0.2, 0.25) is 0 Å². The molecule has 2 heterocycles. The quantitative estimate of drug-likeness (QED) is 0.0438. The maximum absolute atomic E-state index is 7.55. The van der Waals surface area contributed by atoms with Crippen molar-refractivity contribution in [3.05, 3.63) is 264 Å². The fourth-order valence-corrected chi connectivity index (χ4v) is 9.25. The van der Waals surface area contributed by atoms with E-state index in [4.69, 9.17) is 52.1 Å². The minimum Gasteiger partial charge on any atom is -0.374 e. The highest BCUT2D eigenvalue weighted by Crippen LogP contribution is 2.37. The van der Waals surface area contributed by atoms with E-state index in [1.54, 1.807) is 6.08 Å². The molecule has 9 rings (SSSR count). The van der Waals surface area contributed by atoms with E-state index in [0.717, 1.165) is 38.9 Å². The molecule has 0 saturated carbocycles. The van der Waals surface area contributed by atoms with Crippen LogP contribution in [0.4, 0.5) is 0 Å². The highest BCUT2D eigenvalue weighted by molar-refractivity contribution is 5.19. The van der Waals surface area contributed by atoms with Crippen LogP contribution >= 0.6 is 0 Å². The van der Waals surface area contributed by atoms with Gasteiger partial charge < -0.3 is 52.1 Å². The van der Waals surface area contributed by atoms with Crippen LogP contribution in [0.25, 0.3) is 0 Å². The summed E-state index contributed by atoms with van der Waals surface area (Å²) in [4.78, 5) is 0. The molecule has 11 heteroatoms. The van der Waals surface area contributed by atoms with Gasteiger partial charge in [0.25, 0.3) is 0 Å². The summed E-state index contributed by atoms with van der Waals surface area (Å²) < 4.78 is 76.6. The van der Waals surface area contributed by atoms with Gasteiger partial charge in [0.05, 0.1) is 66.1 Å². The van der Waals surface area contributed by atoms with Gasteiger partial charge in [0.15, 0.2) is 12.6 Å². The molecule has 0 amide bonds. The van der Waals surface area contributed by atoms with Crippen molar-refractivity contribution in [2.45, 2.75) is 108 Å². The van der Waals surface area contributed by atoms with E-state index in [1.807, 2.05) is 212 Å². The van der Waals surface area contributed by atoms with Crippen LogP contribution in [0.2, 0.25) is 0 Å². The minimum atomic E-state index is -1.11. The Bertz CT molecular complexity index is 2630. The Balaban J connectivity index is 1.12. The molecule has 10 atom stereocenters. The zero-order valence-corrected chi connectivity index (χ0v) is 42.3. The second kappa shape index (κ2) is 29.2. The summed E-state index contributed by atoms with van der Waals surface area (Å²) >= 11 is 0. The highest BCUT2D eigenvalue weighted by Gasteiger charge is 2.54. The predicted octanol–water partition coefficient (Wildman–Crippen LogP) is 11.4. The second-order valence-electron chi connectivity index (χ2n) is 18.6. The molecule has 2 aliphatic heterocycles. The number of ether oxygens (including phenoxy) is 11. The van der Waals surface area contributed by atoms with Crippen LogP contribution in [-0.2, 0) is 98.4 Å². The smallest absolute Gasteiger partial charge is 0.187 e. The van der Waals surface area contributed by atoms with Crippen molar-refractivity contribution in [1.29, 1.82) is 0 Å². The van der Waals surface area contributed by atoms with Gasteiger partial charge in [-0.25, -0.2) is 0 Å². The van der Waals surface area contributed by atoms with Crippen molar-refractivity contribution >= 4 is 0 Å². The number of benzene rings is 7. The Labute approximate surface area is 441 Å². The number of rotatable bonds is 28. The zero-order valence-electron chi connectivity index (χ0n) is 42.3. The van der Waals surface area contributed by atoms with E-state index < -0.39 is 61.4 Å². The third-order valence-corrected chi connectivity index (χ3v) is 13.1. The van der Waals surface area contributed by atoms with Crippen molar-refractivity contribution < 1.29 is 52.1 Å². The molecule has 2 aliphatic rings. The Morgan fingerprint density at radius 1 is 0.307 bits per heavy atom. The highest BCUT2D eigenvalue weighted by atomic mass is 16.8. The number of hydrogen-bond acceptors (Lipinski definition) is 11. The van der Waals surface area contributed by atoms with Crippen molar-refractivity contribution in [2.75, 3.05) is 19.8 Å². The van der Waals surface area contributed by atoms with Gasteiger partial charge in [-0.3, -0.25) is 0 Å². The SMILES string of the molecule is C=CCO[C@H]1O[C@H](COCc2ccccc2)[C@@H](O[C@@H]2O[C@H](COCc3ccccc3)[C@@H](OCc3ccccc3)[C@H](OCc3ccccc3)[C@H]2OCc2ccccc2)[C@H](OCc2ccccc2)[C@H]1OCc1ccccc1. The van der Waals surface area contributed by atoms with E-state index in [1.165, 1.54) is 0 Å². The lowest BCUT2D eigenvalue weighted by atomic mass is 9.95. The van der Waals surface area contributed by atoms with Gasteiger partial charge in [-0.1, -0.05) is 218 Å². The molecule has 0 spiro atoms. The molecule has 0 bridgehead atoms. The van der Waals surface area contributed by atoms with Gasteiger partial charge in [-0.05, 0) is 38.9 Å². The van der Waals surface area contributed by atoms with E-state index >= 15 is 0 Å². The summed E-state index contributed by atoms with van der Waals surface area (Å²) in [5.41, 5.74) is 6.90. The van der Waals surface area contributed by atoms with E-state index in [-0.39, 0.29) is 52.9 Å². The molecule has 7 aromatic carbocycles. The van der Waals surface area contributed by atoms with Gasteiger partial charge in [-0.15, -0.1) is 6.58 Å². The predicted molar refractivity (Wildman–Crippen MR) is 286 cm³/mol. The van der Waals surface area contributed by atoms with E-state index in [9.17, 15) is 0 Å². The molecule has 0 N–H and O–H groups in total. The summed E-state index contributed by atoms with van der Waals surface area (Å²) in [5, 5.41) is 0. The fraction of sp³-hybridized carbons (Fsp3) is 0.312. The first-order valence-electron chi connectivity index (χ1n) is 25.9. The van der Waals surface area contributed by atoms with Crippen LogP contribution in [0, 0.1) is 0 Å². The van der Waals surface area contributed by atoms with Crippen LogP contribution in [0.3, 0.4) is 0 Å². The van der Waals surface area contributed by atoms with Gasteiger partial charge in [0, 0.05) is 0 Å². The molecule has 11 nitrogen and oxygen atoms in total. The molecule has 0 aliphatic carbocycles. The normalized spacial score (nSPS) is 23.6. The van der Waals surface area contributed by atoms with E-state index in [2.05, 4.69) is 6.58 Å². The third-order valence-electron chi connectivity index (χ3n) is 13.1. The first kappa shape index (κ1) is 53.7. The van der Waals surface area contributed by atoms with Crippen LogP contribution in [0.5, 0.6) is 0 Å². The van der Waals surface area contributed by atoms with Crippen LogP contribution < -0.4 is 0 Å². The van der Waals surface area contributed by atoms with Gasteiger partial charge in [0.1, 0.15) is 48.8 Å². The summed E-state index contributed by atoms with van der Waals surface area (Å²) in [5.74, 6) is 0. The van der Waals surface area contributed by atoms with Crippen molar-refractivity contribution in [3.63, 3.8) is 0 Å². The molecule has 390 valence electrons. The molecule has 0 aromatic heterocycles. The summed E-state index contributed by atoms with van der Waals surface area (Å²) in [6.07, 6.45) is -6.66. The van der Waals surface area contributed by atoms with Crippen LogP contribution in [-0.4, -0.2) is 81.2 Å². The molecule has 0 unspecified atom stereocenters. The van der Waals surface area contributed by atoms with Crippen molar-refractivity contribution in [1.82, 2.24) is 0 Å². The lowest BCUT2D eigenvalue weighted by Crippen LogP contribution is -2.66. The minimum absolute atomic E-state index is 0.104. The second-order valence-corrected chi connectivity index (χ2v) is 18.6. The third kappa shape index (κ3) is 16.2. The maximum Gasteiger partial charge on any atom is 0.187 e. The van der Waals surface area contributed by atoms with E-state index in [0.29, 0.717) is 13.2 Å². The van der Waals surface area contributed by atoms with Crippen molar-refractivity contribution in [3.8, 4) is 0 Å².